The first-order valence-corrected chi connectivity index (χ1v) is 8.97. The first-order chi connectivity index (χ1) is 14.3. The van der Waals surface area contributed by atoms with E-state index in [0.29, 0.717) is 10.8 Å². The van der Waals surface area contributed by atoms with Gasteiger partial charge in [-0.15, -0.1) is 0 Å². The number of carbonyl (C=O) groups excluding carboxylic acids is 4. The topological polar surface area (TPSA) is 120 Å². The predicted octanol–water partition coefficient (Wildman–Crippen LogP) is 2.05. The minimum absolute atomic E-state index is 0.0519. The minimum atomic E-state index is -0.691. The molecule has 0 spiro atoms. The van der Waals surface area contributed by atoms with E-state index < -0.39 is 23.8 Å². The predicted molar refractivity (Wildman–Crippen MR) is 108 cm³/mol. The molecule has 0 heterocycles. The molecule has 158 valence electrons. The third kappa shape index (κ3) is 6.78. The molecule has 30 heavy (non-hydrogen) atoms. The van der Waals surface area contributed by atoms with Crippen LogP contribution in [0, 0.1) is 0 Å². The molecule has 0 aliphatic rings. The van der Waals surface area contributed by atoms with Gasteiger partial charge in [-0.05, 0) is 42.5 Å². The van der Waals surface area contributed by atoms with Crippen LogP contribution in [-0.4, -0.2) is 51.1 Å². The fourth-order valence-corrected chi connectivity index (χ4v) is 2.41. The molecule has 9 nitrogen and oxygen atoms in total. The van der Waals surface area contributed by atoms with E-state index >= 15 is 0 Å². The number of rotatable bonds is 8. The molecular formula is C20H19ClN2O7. The van der Waals surface area contributed by atoms with E-state index in [4.69, 9.17) is 16.3 Å². The number of hydrogen-bond acceptors (Lipinski definition) is 7. The van der Waals surface area contributed by atoms with Crippen LogP contribution < -0.4 is 15.4 Å². The van der Waals surface area contributed by atoms with Crippen molar-refractivity contribution in [1.82, 2.24) is 5.32 Å². The van der Waals surface area contributed by atoms with Gasteiger partial charge in [0.2, 0.25) is 5.91 Å². The van der Waals surface area contributed by atoms with E-state index in [1.807, 2.05) is 0 Å². The Labute approximate surface area is 177 Å². The van der Waals surface area contributed by atoms with E-state index in [-0.39, 0.29) is 30.0 Å². The molecule has 2 amide bonds. The van der Waals surface area contributed by atoms with Gasteiger partial charge in [0.25, 0.3) is 5.91 Å². The highest BCUT2D eigenvalue weighted by molar-refractivity contribution is 6.30. The van der Waals surface area contributed by atoms with E-state index in [2.05, 4.69) is 20.1 Å². The zero-order valence-corrected chi connectivity index (χ0v) is 16.9. The number of nitrogens with one attached hydrogen (secondary N) is 2. The summed E-state index contributed by atoms with van der Waals surface area (Å²) in [7, 11) is 2.38. The molecule has 0 bridgehead atoms. The molecular weight excluding hydrogens is 416 g/mol. The number of carbonyl (C=O) groups is 4. The monoisotopic (exact) mass is 434 g/mol. The Morgan fingerprint density at radius 3 is 1.97 bits per heavy atom. The summed E-state index contributed by atoms with van der Waals surface area (Å²) in [5, 5.41) is 5.42. The zero-order valence-electron chi connectivity index (χ0n) is 16.2. The smallest absolute Gasteiger partial charge is 0.337 e. The van der Waals surface area contributed by atoms with Gasteiger partial charge >= 0.3 is 11.9 Å². The van der Waals surface area contributed by atoms with Crippen molar-refractivity contribution in [2.24, 2.45) is 0 Å². The maximum absolute atomic E-state index is 12.1. The lowest BCUT2D eigenvalue weighted by Gasteiger charge is -2.10. The van der Waals surface area contributed by atoms with Crippen molar-refractivity contribution in [3.05, 3.63) is 58.6 Å². The Morgan fingerprint density at radius 1 is 0.867 bits per heavy atom. The number of benzene rings is 2. The van der Waals surface area contributed by atoms with Gasteiger partial charge in [-0.25, -0.2) is 9.59 Å². The van der Waals surface area contributed by atoms with Gasteiger partial charge in [-0.3, -0.25) is 9.59 Å². The lowest BCUT2D eigenvalue weighted by atomic mass is 10.1. The molecule has 10 heteroatoms. The number of anilines is 1. The average Bonchev–Trinajstić information content (AvgIpc) is 2.75. The van der Waals surface area contributed by atoms with Crippen molar-refractivity contribution in [1.29, 1.82) is 0 Å². The average molecular weight is 435 g/mol. The van der Waals surface area contributed by atoms with E-state index in [1.54, 1.807) is 24.3 Å². The minimum Gasteiger partial charge on any atom is -0.484 e. The molecule has 0 fully saturated rings. The molecule has 0 radical (unpaired) electrons. The van der Waals surface area contributed by atoms with Crippen LogP contribution in [0.4, 0.5) is 5.69 Å². The maximum atomic E-state index is 12.1. The molecule has 0 atom stereocenters. The van der Waals surface area contributed by atoms with Crippen LogP contribution in [0.1, 0.15) is 20.7 Å². The quantitative estimate of drug-likeness (QED) is 0.610. The lowest BCUT2D eigenvalue weighted by molar-refractivity contribution is -0.125. The van der Waals surface area contributed by atoms with Crippen molar-refractivity contribution in [2.45, 2.75) is 0 Å². The van der Waals surface area contributed by atoms with Crippen molar-refractivity contribution in [3.63, 3.8) is 0 Å². The molecule has 0 aliphatic carbocycles. The van der Waals surface area contributed by atoms with Gasteiger partial charge in [-0.2, -0.15) is 0 Å². The van der Waals surface area contributed by atoms with Crippen LogP contribution in [0.3, 0.4) is 0 Å². The van der Waals surface area contributed by atoms with Crippen LogP contribution in [0.25, 0.3) is 0 Å². The molecule has 0 aromatic heterocycles. The molecule has 0 unspecified atom stereocenters. The summed E-state index contributed by atoms with van der Waals surface area (Å²) < 4.78 is 14.5. The summed E-state index contributed by atoms with van der Waals surface area (Å²) in [5.74, 6) is -2.02. The molecule has 0 saturated heterocycles. The fraction of sp³-hybridized carbons (Fsp3) is 0.200. The maximum Gasteiger partial charge on any atom is 0.337 e. The van der Waals surface area contributed by atoms with Crippen molar-refractivity contribution in [3.8, 4) is 5.75 Å². The third-order valence-corrected chi connectivity index (χ3v) is 3.94. The second-order valence-corrected chi connectivity index (χ2v) is 6.29. The molecule has 2 rings (SSSR count). The second kappa shape index (κ2) is 10.8. The van der Waals surface area contributed by atoms with E-state index in [1.165, 1.54) is 32.4 Å². The van der Waals surface area contributed by atoms with Crippen LogP contribution in [-0.2, 0) is 19.1 Å². The summed E-state index contributed by atoms with van der Waals surface area (Å²) in [6.07, 6.45) is 0. The van der Waals surface area contributed by atoms with Crippen molar-refractivity contribution in [2.75, 3.05) is 32.7 Å². The molecule has 2 N–H and O–H groups in total. The Morgan fingerprint density at radius 2 is 1.43 bits per heavy atom. The standard InChI is InChI=1S/C20H19ClN2O7/c1-28-19(26)12-7-13(20(27)29-2)9-15(8-12)23-17(24)10-22-18(25)11-30-16-5-3-14(21)4-6-16/h3-9H,10-11H2,1-2H3,(H,22,25)(H,23,24). The first kappa shape index (κ1) is 22.7. The molecule has 0 saturated carbocycles. The normalized spacial score (nSPS) is 9.97. The summed E-state index contributed by atoms with van der Waals surface area (Å²) in [4.78, 5) is 47.5. The molecule has 2 aromatic carbocycles. The number of methoxy groups -OCH3 is 2. The number of halogens is 1. The van der Waals surface area contributed by atoms with Crippen LogP contribution in [0.5, 0.6) is 5.75 Å². The summed E-state index contributed by atoms with van der Waals surface area (Å²) in [5.41, 5.74) is 0.266. The van der Waals surface area contributed by atoms with Gasteiger partial charge in [0.15, 0.2) is 6.61 Å². The van der Waals surface area contributed by atoms with Crippen LogP contribution >= 0.6 is 11.6 Å². The van der Waals surface area contributed by atoms with Crippen LogP contribution in [0.15, 0.2) is 42.5 Å². The molecule has 2 aromatic rings. The largest absolute Gasteiger partial charge is 0.484 e. The van der Waals surface area contributed by atoms with Gasteiger partial charge in [0.1, 0.15) is 5.75 Å². The fourth-order valence-electron chi connectivity index (χ4n) is 2.29. The van der Waals surface area contributed by atoms with E-state index in [0.717, 1.165) is 0 Å². The van der Waals surface area contributed by atoms with Crippen molar-refractivity contribution >= 4 is 41.0 Å². The zero-order chi connectivity index (χ0) is 22.1. The summed E-state index contributed by atoms with van der Waals surface area (Å²) in [6.45, 7) is -0.641. The number of hydrogen-bond donors (Lipinski definition) is 2. The summed E-state index contributed by atoms with van der Waals surface area (Å²) >= 11 is 5.77. The van der Waals surface area contributed by atoms with Crippen LogP contribution in [0.2, 0.25) is 5.02 Å². The third-order valence-electron chi connectivity index (χ3n) is 3.69. The first-order valence-electron chi connectivity index (χ1n) is 8.59. The number of ether oxygens (including phenoxy) is 3. The van der Waals surface area contributed by atoms with Crippen molar-refractivity contribution < 1.29 is 33.4 Å². The van der Waals surface area contributed by atoms with E-state index in [9.17, 15) is 19.2 Å². The molecule has 0 aliphatic heterocycles. The highest BCUT2D eigenvalue weighted by Gasteiger charge is 2.15. The number of esters is 2. The summed E-state index contributed by atoms with van der Waals surface area (Å²) in [6, 6.07) is 10.4. The second-order valence-electron chi connectivity index (χ2n) is 5.85. The van der Waals surface area contributed by atoms with Gasteiger partial charge < -0.3 is 24.8 Å². The lowest BCUT2D eigenvalue weighted by Crippen LogP contribution is -2.35. The SMILES string of the molecule is COC(=O)c1cc(NC(=O)CNC(=O)COc2ccc(Cl)cc2)cc(C(=O)OC)c1. The number of amides is 2. The highest BCUT2D eigenvalue weighted by atomic mass is 35.5. The van der Waals surface area contributed by atoms with Gasteiger partial charge in [0.05, 0.1) is 31.9 Å². The Bertz CT molecular complexity index is 910. The Kier molecular flexibility index (Phi) is 8.18. The highest BCUT2D eigenvalue weighted by Crippen LogP contribution is 2.17. The van der Waals surface area contributed by atoms with Gasteiger partial charge in [-0.1, -0.05) is 11.6 Å². The Balaban J connectivity index is 1.93. The Hall–Kier alpha value is -3.59. The van der Waals surface area contributed by atoms with Gasteiger partial charge in [0, 0.05) is 10.7 Å².